The summed E-state index contributed by atoms with van der Waals surface area (Å²) in [5.41, 5.74) is 2.72. The Balaban J connectivity index is 1.74. The van der Waals surface area contributed by atoms with E-state index in [9.17, 15) is 4.79 Å². The number of Topliss-reactive ketones (excluding diaryl/α,β-unsaturated/α-hetero) is 1. The molecule has 2 aromatic heterocycles. The van der Waals surface area contributed by atoms with Gasteiger partial charge in [-0.25, -0.2) is 0 Å². The summed E-state index contributed by atoms with van der Waals surface area (Å²) in [7, 11) is 0. The molecule has 0 aliphatic carbocycles. The first kappa shape index (κ1) is 15.6. The predicted octanol–water partition coefficient (Wildman–Crippen LogP) is 4.41. The number of carbonyl (C=O) groups excluding carboxylic acids is 1. The van der Waals surface area contributed by atoms with E-state index < -0.39 is 0 Å². The lowest BCUT2D eigenvalue weighted by Crippen LogP contribution is -2.03. The number of nitrogens with one attached hydrogen (secondary N) is 1. The average molecular weight is 350 g/mol. The number of para-hydroxylation sites is 1. The van der Waals surface area contributed by atoms with Crippen LogP contribution >= 0.6 is 34.9 Å². The van der Waals surface area contributed by atoms with Crippen molar-refractivity contribution in [2.24, 2.45) is 0 Å². The minimum atomic E-state index is 0.125. The van der Waals surface area contributed by atoms with Gasteiger partial charge in [0.15, 0.2) is 14.5 Å². The quantitative estimate of drug-likeness (QED) is 0.527. The van der Waals surface area contributed by atoms with E-state index in [1.807, 2.05) is 31.2 Å². The normalized spacial score (nSPS) is 11.2. The molecule has 0 saturated heterocycles. The molecule has 0 radical (unpaired) electrons. The molecule has 0 unspecified atom stereocenters. The first-order valence-electron chi connectivity index (χ1n) is 6.88. The van der Waals surface area contributed by atoms with Gasteiger partial charge >= 0.3 is 0 Å². The molecule has 0 saturated carbocycles. The van der Waals surface area contributed by atoms with Gasteiger partial charge in [-0.3, -0.25) is 4.79 Å². The lowest BCUT2D eigenvalue weighted by Gasteiger charge is -1.99. The van der Waals surface area contributed by atoms with E-state index in [0.29, 0.717) is 5.75 Å². The van der Waals surface area contributed by atoms with Gasteiger partial charge in [-0.05, 0) is 18.7 Å². The Bertz CT molecular complexity index is 809. The van der Waals surface area contributed by atoms with Crippen LogP contribution in [0.3, 0.4) is 0 Å². The molecule has 0 aliphatic rings. The lowest BCUT2D eigenvalue weighted by molar-refractivity contribution is 0.102. The lowest BCUT2D eigenvalue weighted by atomic mass is 10.1. The topological polar surface area (TPSA) is 58.6 Å². The first-order valence-corrected chi connectivity index (χ1v) is 9.67. The Morgan fingerprint density at radius 3 is 2.73 bits per heavy atom. The van der Waals surface area contributed by atoms with Gasteiger partial charge in [0, 0.05) is 22.2 Å². The fourth-order valence-electron chi connectivity index (χ4n) is 2.27. The SMILES string of the molecule is CCSc1nnc(SCC(=O)c2c(C)[nH]c3ccccc23)s1. The maximum atomic E-state index is 12.6. The number of fused-ring (bicyclic) bond motifs is 1. The zero-order chi connectivity index (χ0) is 15.5. The van der Waals surface area contributed by atoms with Crippen LogP contribution in [0.15, 0.2) is 32.9 Å². The van der Waals surface area contributed by atoms with E-state index in [0.717, 1.165) is 36.6 Å². The van der Waals surface area contributed by atoms with Crippen LogP contribution < -0.4 is 0 Å². The summed E-state index contributed by atoms with van der Waals surface area (Å²) >= 11 is 4.68. The van der Waals surface area contributed by atoms with Crippen LogP contribution in [0.25, 0.3) is 10.9 Å². The van der Waals surface area contributed by atoms with Gasteiger partial charge in [-0.1, -0.05) is 60.0 Å². The predicted molar refractivity (Wildman–Crippen MR) is 94.4 cm³/mol. The van der Waals surface area contributed by atoms with Gasteiger partial charge in [0.25, 0.3) is 0 Å². The van der Waals surface area contributed by atoms with Crippen molar-refractivity contribution < 1.29 is 4.79 Å². The van der Waals surface area contributed by atoms with Crippen LogP contribution in [0.5, 0.6) is 0 Å². The van der Waals surface area contributed by atoms with E-state index in [4.69, 9.17) is 0 Å². The number of hydrogen-bond acceptors (Lipinski definition) is 6. The molecular formula is C15H15N3OS3. The second-order valence-corrected chi connectivity index (χ2v) is 8.36. The van der Waals surface area contributed by atoms with Crippen molar-refractivity contribution in [2.75, 3.05) is 11.5 Å². The van der Waals surface area contributed by atoms with Gasteiger partial charge < -0.3 is 4.98 Å². The number of aromatic nitrogens is 3. The molecular weight excluding hydrogens is 334 g/mol. The highest BCUT2D eigenvalue weighted by molar-refractivity contribution is 8.03. The molecule has 0 atom stereocenters. The molecule has 1 N–H and O–H groups in total. The van der Waals surface area contributed by atoms with E-state index in [-0.39, 0.29) is 5.78 Å². The van der Waals surface area contributed by atoms with Crippen molar-refractivity contribution in [1.82, 2.24) is 15.2 Å². The van der Waals surface area contributed by atoms with Crippen LogP contribution in [0.2, 0.25) is 0 Å². The number of hydrogen-bond donors (Lipinski definition) is 1. The standard InChI is InChI=1S/C15H15N3OS3/c1-3-20-14-17-18-15(22-14)21-8-12(19)13-9(2)16-11-7-5-4-6-10(11)13/h4-7,16H,3,8H2,1-2H3. The third kappa shape index (κ3) is 3.21. The molecule has 0 fully saturated rings. The molecule has 3 aromatic rings. The monoisotopic (exact) mass is 349 g/mol. The van der Waals surface area contributed by atoms with Crippen LogP contribution in [-0.2, 0) is 0 Å². The Kier molecular flexibility index (Phi) is 4.85. The van der Waals surface area contributed by atoms with Gasteiger partial charge in [-0.2, -0.15) is 0 Å². The van der Waals surface area contributed by atoms with Crippen LogP contribution in [-0.4, -0.2) is 32.5 Å². The molecule has 0 spiro atoms. The zero-order valence-corrected chi connectivity index (χ0v) is 14.7. The highest BCUT2D eigenvalue weighted by Crippen LogP contribution is 2.30. The molecule has 0 bridgehead atoms. The number of ketones is 1. The van der Waals surface area contributed by atoms with Gasteiger partial charge in [-0.15, -0.1) is 10.2 Å². The van der Waals surface area contributed by atoms with Crippen molar-refractivity contribution in [3.63, 3.8) is 0 Å². The third-order valence-corrected chi connectivity index (χ3v) is 6.23. The van der Waals surface area contributed by atoms with E-state index >= 15 is 0 Å². The van der Waals surface area contributed by atoms with E-state index in [1.165, 1.54) is 11.8 Å². The summed E-state index contributed by atoms with van der Waals surface area (Å²) in [6.07, 6.45) is 0. The zero-order valence-electron chi connectivity index (χ0n) is 12.3. The van der Waals surface area contributed by atoms with Crippen molar-refractivity contribution in [2.45, 2.75) is 22.5 Å². The smallest absolute Gasteiger partial charge is 0.175 e. The van der Waals surface area contributed by atoms with Crippen LogP contribution in [0, 0.1) is 6.92 Å². The maximum Gasteiger partial charge on any atom is 0.175 e. The number of H-pyrrole nitrogens is 1. The highest BCUT2D eigenvalue weighted by Gasteiger charge is 2.17. The molecule has 4 nitrogen and oxygen atoms in total. The molecule has 3 rings (SSSR count). The number of carbonyl (C=O) groups is 1. The number of nitrogens with zero attached hydrogens (tertiary/aromatic N) is 2. The minimum Gasteiger partial charge on any atom is -0.358 e. The third-order valence-electron chi connectivity index (χ3n) is 3.15. The van der Waals surface area contributed by atoms with Crippen molar-refractivity contribution >= 4 is 51.5 Å². The van der Waals surface area contributed by atoms with Gasteiger partial charge in [0.05, 0.1) is 5.75 Å². The molecule has 7 heteroatoms. The second-order valence-electron chi connectivity index (χ2n) is 4.65. The van der Waals surface area contributed by atoms with Gasteiger partial charge in [0.1, 0.15) is 0 Å². The summed E-state index contributed by atoms with van der Waals surface area (Å²) in [6.45, 7) is 4.03. The molecule has 0 aliphatic heterocycles. The van der Waals surface area contributed by atoms with E-state index in [2.05, 4.69) is 22.1 Å². The summed E-state index contributed by atoms with van der Waals surface area (Å²) in [5.74, 6) is 1.49. The average Bonchev–Trinajstić information content (AvgIpc) is 3.08. The second kappa shape index (κ2) is 6.85. The van der Waals surface area contributed by atoms with Crippen molar-refractivity contribution in [1.29, 1.82) is 0 Å². The van der Waals surface area contributed by atoms with Crippen LogP contribution in [0.1, 0.15) is 23.0 Å². The fourth-order valence-corrected chi connectivity index (χ4v) is 5.06. The Hall–Kier alpha value is -1.31. The number of thioether (sulfide) groups is 2. The van der Waals surface area contributed by atoms with Crippen LogP contribution in [0.4, 0.5) is 0 Å². The summed E-state index contributed by atoms with van der Waals surface area (Å²) in [5, 5.41) is 9.22. The summed E-state index contributed by atoms with van der Waals surface area (Å²) in [4.78, 5) is 15.8. The number of aromatic amines is 1. The number of aryl methyl sites for hydroxylation is 1. The summed E-state index contributed by atoms with van der Waals surface area (Å²) in [6, 6.07) is 7.90. The maximum absolute atomic E-state index is 12.6. The minimum absolute atomic E-state index is 0.125. The molecule has 22 heavy (non-hydrogen) atoms. The van der Waals surface area contributed by atoms with E-state index in [1.54, 1.807) is 23.1 Å². The molecule has 114 valence electrons. The van der Waals surface area contributed by atoms with Gasteiger partial charge in [0.2, 0.25) is 0 Å². The summed E-state index contributed by atoms with van der Waals surface area (Å²) < 4.78 is 1.81. The Morgan fingerprint density at radius 1 is 1.23 bits per heavy atom. The van der Waals surface area contributed by atoms with Crippen molar-refractivity contribution in [3.05, 3.63) is 35.5 Å². The molecule has 0 amide bonds. The largest absolute Gasteiger partial charge is 0.358 e. The number of rotatable bonds is 6. The Morgan fingerprint density at radius 2 is 1.95 bits per heavy atom. The number of benzene rings is 1. The fraction of sp³-hybridized carbons (Fsp3) is 0.267. The van der Waals surface area contributed by atoms with Crippen molar-refractivity contribution in [3.8, 4) is 0 Å². The molecule has 1 aromatic carbocycles. The highest BCUT2D eigenvalue weighted by atomic mass is 32.2. The molecule has 2 heterocycles. The first-order chi connectivity index (χ1) is 10.7. The Labute approximate surface area is 141 Å².